The molecule has 1 N–H and O–H groups in total. The molecule has 3 heteroatoms. The molecule has 0 radical (unpaired) electrons. The van der Waals surface area contributed by atoms with Crippen molar-refractivity contribution in [2.45, 2.75) is 33.7 Å². The van der Waals surface area contributed by atoms with E-state index in [1.807, 2.05) is 13.8 Å². The van der Waals surface area contributed by atoms with E-state index in [0.717, 1.165) is 0 Å². The summed E-state index contributed by atoms with van der Waals surface area (Å²) >= 11 is 0. The zero-order valence-corrected chi connectivity index (χ0v) is 9.54. The first kappa shape index (κ1) is 13.2. The lowest BCUT2D eigenvalue weighted by atomic mass is 10.1. The lowest BCUT2D eigenvalue weighted by molar-refractivity contribution is -0.118. The SMILES string of the molecule is C/C=C/C(=O)NC(COCC)C(C)C. The topological polar surface area (TPSA) is 38.3 Å². The molecular formula is C11H21NO2. The number of allylic oxidation sites excluding steroid dienone is 1. The van der Waals surface area contributed by atoms with E-state index in [1.165, 1.54) is 6.08 Å². The monoisotopic (exact) mass is 199 g/mol. The van der Waals surface area contributed by atoms with Gasteiger partial charge in [-0.1, -0.05) is 19.9 Å². The average molecular weight is 199 g/mol. The summed E-state index contributed by atoms with van der Waals surface area (Å²) in [4.78, 5) is 11.3. The largest absolute Gasteiger partial charge is 0.380 e. The van der Waals surface area contributed by atoms with E-state index in [-0.39, 0.29) is 11.9 Å². The molecule has 1 atom stereocenters. The molecule has 1 unspecified atom stereocenters. The van der Waals surface area contributed by atoms with E-state index >= 15 is 0 Å². The molecule has 0 bridgehead atoms. The molecule has 82 valence electrons. The summed E-state index contributed by atoms with van der Waals surface area (Å²) in [5, 5.41) is 2.90. The van der Waals surface area contributed by atoms with Gasteiger partial charge in [0.05, 0.1) is 12.6 Å². The Hall–Kier alpha value is -0.830. The minimum Gasteiger partial charge on any atom is -0.380 e. The van der Waals surface area contributed by atoms with Crippen LogP contribution in [0, 0.1) is 5.92 Å². The van der Waals surface area contributed by atoms with Gasteiger partial charge in [-0.25, -0.2) is 0 Å². The number of ether oxygens (including phenoxy) is 1. The number of nitrogens with one attached hydrogen (secondary N) is 1. The van der Waals surface area contributed by atoms with Crippen molar-refractivity contribution in [1.82, 2.24) is 5.32 Å². The Labute approximate surface area is 86.5 Å². The van der Waals surface area contributed by atoms with Crippen LogP contribution in [0.15, 0.2) is 12.2 Å². The molecule has 0 aromatic carbocycles. The zero-order chi connectivity index (χ0) is 11.0. The molecule has 0 aliphatic rings. The Morgan fingerprint density at radius 1 is 1.50 bits per heavy atom. The Balaban J connectivity index is 4.02. The molecule has 0 aromatic heterocycles. The Morgan fingerprint density at radius 3 is 2.57 bits per heavy atom. The maximum Gasteiger partial charge on any atom is 0.243 e. The number of hydrogen-bond acceptors (Lipinski definition) is 2. The maximum atomic E-state index is 11.3. The van der Waals surface area contributed by atoms with Crippen LogP contribution in [0.2, 0.25) is 0 Å². The molecule has 0 heterocycles. The van der Waals surface area contributed by atoms with E-state index in [4.69, 9.17) is 4.74 Å². The van der Waals surface area contributed by atoms with Crippen LogP contribution in [0.4, 0.5) is 0 Å². The third-order valence-electron chi connectivity index (χ3n) is 1.95. The molecule has 14 heavy (non-hydrogen) atoms. The molecule has 0 rings (SSSR count). The van der Waals surface area contributed by atoms with E-state index in [1.54, 1.807) is 6.08 Å². The molecule has 0 aliphatic carbocycles. The fraction of sp³-hybridized carbons (Fsp3) is 0.727. The first-order chi connectivity index (χ1) is 6.61. The quantitative estimate of drug-likeness (QED) is 0.662. The third-order valence-corrected chi connectivity index (χ3v) is 1.95. The standard InChI is InChI=1S/C11H21NO2/c1-5-7-11(13)12-10(9(3)4)8-14-6-2/h5,7,9-10H,6,8H2,1-4H3,(H,12,13)/b7-5+. The van der Waals surface area contributed by atoms with E-state index in [9.17, 15) is 4.79 Å². The predicted molar refractivity (Wildman–Crippen MR) is 58.1 cm³/mol. The number of amides is 1. The second-order valence-corrected chi connectivity index (χ2v) is 3.52. The fourth-order valence-corrected chi connectivity index (χ4v) is 1.03. The summed E-state index contributed by atoms with van der Waals surface area (Å²) in [5.74, 6) is 0.335. The number of carbonyl (C=O) groups excluding carboxylic acids is 1. The van der Waals surface area contributed by atoms with Crippen molar-refractivity contribution >= 4 is 5.91 Å². The van der Waals surface area contributed by atoms with Crippen molar-refractivity contribution in [3.8, 4) is 0 Å². The Bertz CT molecular complexity index is 188. The van der Waals surface area contributed by atoms with Crippen LogP contribution in [0.1, 0.15) is 27.7 Å². The van der Waals surface area contributed by atoms with Crippen molar-refractivity contribution in [3.05, 3.63) is 12.2 Å². The summed E-state index contributed by atoms with van der Waals surface area (Å²) in [5.41, 5.74) is 0. The van der Waals surface area contributed by atoms with Crippen molar-refractivity contribution in [2.24, 2.45) is 5.92 Å². The van der Waals surface area contributed by atoms with Gasteiger partial charge in [-0.15, -0.1) is 0 Å². The van der Waals surface area contributed by atoms with Gasteiger partial charge in [0.1, 0.15) is 0 Å². The molecular weight excluding hydrogens is 178 g/mol. The minimum absolute atomic E-state index is 0.0501. The lowest BCUT2D eigenvalue weighted by Gasteiger charge is -2.21. The lowest BCUT2D eigenvalue weighted by Crippen LogP contribution is -2.41. The molecule has 0 saturated carbocycles. The Kier molecular flexibility index (Phi) is 7.11. The van der Waals surface area contributed by atoms with Crippen LogP contribution < -0.4 is 5.32 Å². The maximum absolute atomic E-state index is 11.3. The number of carbonyl (C=O) groups is 1. The smallest absolute Gasteiger partial charge is 0.243 e. The van der Waals surface area contributed by atoms with Gasteiger partial charge >= 0.3 is 0 Å². The van der Waals surface area contributed by atoms with Crippen LogP contribution in [0.25, 0.3) is 0 Å². The zero-order valence-electron chi connectivity index (χ0n) is 9.54. The van der Waals surface area contributed by atoms with Gasteiger partial charge in [-0.3, -0.25) is 4.79 Å². The predicted octanol–water partition coefficient (Wildman–Crippen LogP) is 1.74. The highest BCUT2D eigenvalue weighted by molar-refractivity contribution is 5.87. The van der Waals surface area contributed by atoms with Crippen LogP contribution >= 0.6 is 0 Å². The van der Waals surface area contributed by atoms with Gasteiger partial charge in [0.15, 0.2) is 0 Å². The van der Waals surface area contributed by atoms with E-state index < -0.39 is 0 Å². The number of hydrogen-bond donors (Lipinski definition) is 1. The van der Waals surface area contributed by atoms with Crippen LogP contribution in [0.3, 0.4) is 0 Å². The third kappa shape index (κ3) is 5.75. The Morgan fingerprint density at radius 2 is 2.14 bits per heavy atom. The van der Waals surface area contributed by atoms with Gasteiger partial charge < -0.3 is 10.1 Å². The number of rotatable bonds is 6. The average Bonchev–Trinajstić information content (AvgIpc) is 2.12. The molecule has 0 aliphatic heterocycles. The van der Waals surface area contributed by atoms with Gasteiger partial charge in [0.2, 0.25) is 5.91 Å². The van der Waals surface area contributed by atoms with E-state index in [0.29, 0.717) is 19.1 Å². The van der Waals surface area contributed by atoms with Gasteiger partial charge in [-0.05, 0) is 25.8 Å². The molecule has 0 saturated heterocycles. The van der Waals surface area contributed by atoms with Crippen molar-refractivity contribution in [1.29, 1.82) is 0 Å². The van der Waals surface area contributed by atoms with Gasteiger partial charge in [0.25, 0.3) is 0 Å². The highest BCUT2D eigenvalue weighted by Gasteiger charge is 2.14. The highest BCUT2D eigenvalue weighted by atomic mass is 16.5. The van der Waals surface area contributed by atoms with Gasteiger partial charge in [-0.2, -0.15) is 0 Å². The first-order valence-corrected chi connectivity index (χ1v) is 5.12. The molecule has 0 spiro atoms. The first-order valence-electron chi connectivity index (χ1n) is 5.12. The minimum atomic E-state index is -0.0501. The van der Waals surface area contributed by atoms with Crippen molar-refractivity contribution in [3.63, 3.8) is 0 Å². The second-order valence-electron chi connectivity index (χ2n) is 3.52. The summed E-state index contributed by atoms with van der Waals surface area (Å²) in [6.07, 6.45) is 3.26. The molecule has 1 amide bonds. The summed E-state index contributed by atoms with van der Waals surface area (Å²) < 4.78 is 5.30. The van der Waals surface area contributed by atoms with Crippen molar-refractivity contribution < 1.29 is 9.53 Å². The van der Waals surface area contributed by atoms with Gasteiger partial charge in [0, 0.05) is 6.61 Å². The van der Waals surface area contributed by atoms with Crippen molar-refractivity contribution in [2.75, 3.05) is 13.2 Å². The fourth-order valence-electron chi connectivity index (χ4n) is 1.03. The van der Waals surface area contributed by atoms with Crippen LogP contribution in [0.5, 0.6) is 0 Å². The molecule has 3 nitrogen and oxygen atoms in total. The normalized spacial score (nSPS) is 13.5. The highest BCUT2D eigenvalue weighted by Crippen LogP contribution is 2.02. The molecule has 0 aromatic rings. The van der Waals surface area contributed by atoms with Crippen LogP contribution in [-0.4, -0.2) is 25.2 Å². The summed E-state index contributed by atoms with van der Waals surface area (Å²) in [6.45, 7) is 9.18. The summed E-state index contributed by atoms with van der Waals surface area (Å²) in [6, 6.07) is 0.0960. The second kappa shape index (κ2) is 7.56. The summed E-state index contributed by atoms with van der Waals surface area (Å²) in [7, 11) is 0. The molecule has 0 fully saturated rings. The van der Waals surface area contributed by atoms with Crippen LogP contribution in [-0.2, 0) is 9.53 Å². The van der Waals surface area contributed by atoms with E-state index in [2.05, 4.69) is 19.2 Å².